The Kier molecular flexibility index (Phi) is 7.62. The van der Waals surface area contributed by atoms with Crippen LogP contribution < -0.4 is 0 Å². The summed E-state index contributed by atoms with van der Waals surface area (Å²) in [5, 5.41) is 0. The molecule has 2 aromatic carbocycles. The van der Waals surface area contributed by atoms with Crippen LogP contribution in [0, 0.1) is 11.3 Å². The fourth-order valence-electron chi connectivity index (χ4n) is 9.69. The Hall–Kier alpha value is -2.19. The second-order valence-electron chi connectivity index (χ2n) is 13.8. The van der Waals surface area contributed by atoms with E-state index in [0.29, 0.717) is 18.1 Å². The molecular formula is C38H51NO. The van der Waals surface area contributed by atoms with Crippen LogP contribution in [-0.4, -0.2) is 30.3 Å². The number of rotatable bonds is 12. The van der Waals surface area contributed by atoms with Crippen LogP contribution in [0.15, 0.2) is 48.5 Å². The van der Waals surface area contributed by atoms with Crippen LogP contribution in [0.5, 0.6) is 0 Å². The van der Waals surface area contributed by atoms with E-state index in [2.05, 4.69) is 81.4 Å². The molecule has 4 aliphatic rings. The van der Waals surface area contributed by atoms with E-state index in [0.717, 1.165) is 6.42 Å². The van der Waals surface area contributed by atoms with Crippen molar-refractivity contribution in [3.63, 3.8) is 0 Å². The number of unbranched alkanes of at least 4 members (excludes halogenated alkanes) is 6. The summed E-state index contributed by atoms with van der Waals surface area (Å²) in [4.78, 5) is 16.0. The largest absolute Gasteiger partial charge is 0.299 e. The summed E-state index contributed by atoms with van der Waals surface area (Å²) in [5.74, 6) is 0.939. The van der Waals surface area contributed by atoms with E-state index in [1.165, 1.54) is 106 Å². The highest BCUT2D eigenvalue weighted by Crippen LogP contribution is 2.67. The zero-order valence-corrected chi connectivity index (χ0v) is 25.7. The summed E-state index contributed by atoms with van der Waals surface area (Å²) in [5.41, 5.74) is 8.63. The molecule has 0 amide bonds. The number of benzene rings is 2. The number of fused-ring (bicyclic) bond motifs is 3. The van der Waals surface area contributed by atoms with Gasteiger partial charge >= 0.3 is 0 Å². The molecule has 0 N–H and O–H groups in total. The van der Waals surface area contributed by atoms with Crippen molar-refractivity contribution in [2.45, 2.75) is 121 Å². The first-order valence-electron chi connectivity index (χ1n) is 16.6. The molecule has 0 aliphatic heterocycles. The van der Waals surface area contributed by atoms with Crippen molar-refractivity contribution in [1.29, 1.82) is 0 Å². The summed E-state index contributed by atoms with van der Waals surface area (Å²) in [7, 11) is 4.46. The molecule has 6 rings (SSSR count). The molecule has 2 saturated carbocycles. The van der Waals surface area contributed by atoms with Gasteiger partial charge in [-0.1, -0.05) is 121 Å². The number of nitrogens with zero attached hydrogens (tertiary/aromatic N) is 1. The zero-order valence-electron chi connectivity index (χ0n) is 25.7. The Morgan fingerprint density at radius 1 is 0.825 bits per heavy atom. The minimum Gasteiger partial charge on any atom is -0.299 e. The third-order valence-corrected chi connectivity index (χ3v) is 11.6. The molecule has 40 heavy (non-hydrogen) atoms. The van der Waals surface area contributed by atoms with Crippen molar-refractivity contribution < 1.29 is 4.79 Å². The Balaban J connectivity index is 1.47. The van der Waals surface area contributed by atoms with E-state index >= 15 is 0 Å². The molecule has 3 atom stereocenters. The van der Waals surface area contributed by atoms with Gasteiger partial charge in [-0.15, -0.1) is 0 Å². The first-order valence-corrected chi connectivity index (χ1v) is 16.6. The number of likely N-dealkylation sites (N-methyl/N-ethyl adjacent to an activating group) is 1. The van der Waals surface area contributed by atoms with E-state index in [1.807, 2.05) is 0 Å². The summed E-state index contributed by atoms with van der Waals surface area (Å²) in [6, 6.07) is 16.8. The Bertz CT molecular complexity index is 1270. The fourth-order valence-corrected chi connectivity index (χ4v) is 9.69. The minimum absolute atomic E-state index is 0.105. The number of carbonyl (C=O) groups excluding carboxylic acids is 1. The lowest BCUT2D eigenvalue weighted by atomic mass is 9.68. The second kappa shape index (κ2) is 10.9. The quantitative estimate of drug-likeness (QED) is 0.251. The van der Waals surface area contributed by atoms with Crippen molar-refractivity contribution >= 4 is 11.4 Å². The van der Waals surface area contributed by atoms with Gasteiger partial charge in [0.15, 0.2) is 0 Å². The van der Waals surface area contributed by atoms with Gasteiger partial charge in [0.25, 0.3) is 0 Å². The number of allylic oxidation sites excluding steroid dienone is 1. The van der Waals surface area contributed by atoms with Crippen LogP contribution in [0.4, 0.5) is 0 Å². The van der Waals surface area contributed by atoms with Gasteiger partial charge in [0.2, 0.25) is 0 Å². The molecule has 4 aliphatic carbocycles. The molecule has 2 nitrogen and oxygen atoms in total. The number of ketones is 1. The van der Waals surface area contributed by atoms with Crippen LogP contribution in [0.3, 0.4) is 0 Å². The molecule has 0 spiro atoms. The monoisotopic (exact) mass is 537 g/mol. The van der Waals surface area contributed by atoms with E-state index < -0.39 is 0 Å². The predicted molar refractivity (Wildman–Crippen MR) is 169 cm³/mol. The Morgan fingerprint density at radius 3 is 2.23 bits per heavy atom. The van der Waals surface area contributed by atoms with Crippen LogP contribution in [-0.2, 0) is 10.2 Å². The smallest absolute Gasteiger partial charge is 0.145 e. The van der Waals surface area contributed by atoms with Crippen LogP contribution >= 0.6 is 0 Å². The molecule has 0 saturated heterocycles. The maximum atomic E-state index is 13.6. The molecule has 0 heterocycles. The molecule has 2 fully saturated rings. The van der Waals surface area contributed by atoms with E-state index in [-0.39, 0.29) is 16.4 Å². The van der Waals surface area contributed by atoms with Crippen molar-refractivity contribution in [2.24, 2.45) is 11.3 Å². The molecule has 2 heteroatoms. The van der Waals surface area contributed by atoms with Gasteiger partial charge in [-0.05, 0) is 85.2 Å². The lowest BCUT2D eigenvalue weighted by Gasteiger charge is -2.43. The van der Waals surface area contributed by atoms with Gasteiger partial charge in [-0.2, -0.15) is 0 Å². The standard InChI is InChI=1S/C38H51NO/c1-5-7-9-14-22-36(23-15-10-8-6-2)31-18-12-11-17-29(31)30-21-20-28(25-32(30)36)33-26-37-24-16-13-19-34(37)38(33,39(3)4)27-35(37)40/h11-12,17-18,20-21,25-26,34H,5-10,13-16,19,22-24,27H2,1-4H3/t34-,37-,38-/m1/s1. The van der Waals surface area contributed by atoms with Crippen molar-refractivity contribution in [2.75, 3.05) is 14.1 Å². The molecule has 0 radical (unpaired) electrons. The first kappa shape index (κ1) is 28.0. The van der Waals surface area contributed by atoms with Crippen molar-refractivity contribution in [3.05, 3.63) is 65.2 Å². The first-order chi connectivity index (χ1) is 19.4. The van der Waals surface area contributed by atoms with Crippen LogP contribution in [0.2, 0.25) is 0 Å². The Morgan fingerprint density at radius 2 is 1.52 bits per heavy atom. The highest BCUT2D eigenvalue weighted by atomic mass is 16.1. The fraction of sp³-hybridized carbons (Fsp3) is 0.605. The number of hydrogen-bond donors (Lipinski definition) is 0. The van der Waals surface area contributed by atoms with E-state index in [9.17, 15) is 4.79 Å². The maximum Gasteiger partial charge on any atom is 0.145 e. The maximum absolute atomic E-state index is 13.6. The lowest BCUT2D eigenvalue weighted by molar-refractivity contribution is -0.125. The molecule has 0 aromatic heterocycles. The number of carbonyl (C=O) groups is 1. The molecule has 2 aromatic rings. The molecule has 2 bridgehead atoms. The van der Waals surface area contributed by atoms with Gasteiger partial charge in [-0.25, -0.2) is 0 Å². The van der Waals surface area contributed by atoms with Crippen LogP contribution in [0.1, 0.15) is 127 Å². The lowest BCUT2D eigenvalue weighted by Crippen LogP contribution is -2.48. The summed E-state index contributed by atoms with van der Waals surface area (Å²) in [6.07, 6.45) is 20.8. The van der Waals surface area contributed by atoms with Gasteiger partial charge < -0.3 is 0 Å². The number of Topliss-reactive ketones (excluding diaryl/α,β-unsaturated/α-hetero) is 1. The predicted octanol–water partition coefficient (Wildman–Crippen LogP) is 9.74. The third kappa shape index (κ3) is 4.03. The highest BCUT2D eigenvalue weighted by molar-refractivity contribution is 6.02. The van der Waals surface area contributed by atoms with Gasteiger partial charge in [0, 0.05) is 11.8 Å². The van der Waals surface area contributed by atoms with Crippen molar-refractivity contribution in [3.8, 4) is 11.1 Å². The number of hydrogen-bond acceptors (Lipinski definition) is 2. The van der Waals surface area contributed by atoms with Crippen molar-refractivity contribution in [1.82, 2.24) is 4.90 Å². The topological polar surface area (TPSA) is 20.3 Å². The molecule has 0 unspecified atom stereocenters. The zero-order chi connectivity index (χ0) is 28.0. The van der Waals surface area contributed by atoms with E-state index in [1.54, 1.807) is 11.1 Å². The Labute approximate surface area is 243 Å². The summed E-state index contributed by atoms with van der Waals surface area (Å²) in [6.45, 7) is 4.64. The second-order valence-corrected chi connectivity index (χ2v) is 13.8. The van der Waals surface area contributed by atoms with Gasteiger partial charge in [-0.3, -0.25) is 9.69 Å². The highest BCUT2D eigenvalue weighted by Gasteiger charge is 2.68. The summed E-state index contributed by atoms with van der Waals surface area (Å²) < 4.78 is 0. The SMILES string of the molecule is CCCCCCC1(CCCCCC)c2ccccc2-c2ccc(C3=C[C@]45CCCC[C@H]4[C@@]3(N(C)C)CC5=O)cc21. The molecule has 214 valence electrons. The van der Waals surface area contributed by atoms with Crippen LogP contribution in [0.25, 0.3) is 16.7 Å². The average molecular weight is 538 g/mol. The third-order valence-electron chi connectivity index (χ3n) is 11.6. The minimum atomic E-state index is -0.225. The van der Waals surface area contributed by atoms with Gasteiger partial charge in [0.05, 0.1) is 11.0 Å². The average Bonchev–Trinajstić information content (AvgIpc) is 3.53. The normalized spacial score (nSPS) is 27.6. The van der Waals surface area contributed by atoms with Gasteiger partial charge in [0.1, 0.15) is 5.78 Å². The van der Waals surface area contributed by atoms with E-state index in [4.69, 9.17) is 0 Å². The molecular weight excluding hydrogens is 486 g/mol. The summed E-state index contributed by atoms with van der Waals surface area (Å²) >= 11 is 0.